The Bertz CT molecular complexity index is 643. The van der Waals surface area contributed by atoms with Gasteiger partial charge in [0.15, 0.2) is 0 Å². The van der Waals surface area contributed by atoms with Gasteiger partial charge in [0.25, 0.3) is 11.8 Å². The third-order valence-corrected chi connectivity index (χ3v) is 5.14. The first kappa shape index (κ1) is 17.5. The smallest absolute Gasteiger partial charge is 0.317 e. The molecule has 0 bridgehead atoms. The first-order valence-corrected chi connectivity index (χ1v) is 9.02. The molecule has 0 aliphatic carbocycles. The van der Waals surface area contributed by atoms with Crippen molar-refractivity contribution in [1.29, 1.82) is 0 Å². The average molecular weight is 343 g/mol. The maximum atomic E-state index is 12.4. The van der Waals surface area contributed by atoms with Crippen LogP contribution in [0.2, 0.25) is 0 Å². The van der Waals surface area contributed by atoms with Crippen molar-refractivity contribution in [3.05, 3.63) is 35.4 Å². The minimum absolute atomic E-state index is 0.0536. The number of rotatable bonds is 4. The molecule has 1 saturated heterocycles. The molecule has 134 valence electrons. The van der Waals surface area contributed by atoms with Crippen molar-refractivity contribution >= 4 is 17.8 Å². The molecule has 3 rings (SSSR count). The number of fused-ring (bicyclic) bond motifs is 1. The van der Waals surface area contributed by atoms with E-state index < -0.39 is 0 Å². The summed E-state index contributed by atoms with van der Waals surface area (Å²) >= 11 is 0. The molecule has 2 aliphatic rings. The number of likely N-dealkylation sites (tertiary alicyclic amines) is 1. The fourth-order valence-corrected chi connectivity index (χ4v) is 3.79. The highest BCUT2D eigenvalue weighted by Crippen LogP contribution is 2.23. The van der Waals surface area contributed by atoms with E-state index in [1.165, 1.54) is 4.90 Å². The number of carbonyl (C=O) groups excluding carboxylic acids is 3. The molecule has 6 nitrogen and oxygen atoms in total. The zero-order valence-corrected chi connectivity index (χ0v) is 14.8. The lowest BCUT2D eigenvalue weighted by atomic mass is 9.98. The lowest BCUT2D eigenvalue weighted by Gasteiger charge is -2.38. The number of piperidine rings is 1. The highest BCUT2D eigenvalue weighted by Gasteiger charge is 2.34. The lowest BCUT2D eigenvalue weighted by molar-refractivity contribution is 0.0653. The molecule has 0 aromatic heterocycles. The van der Waals surface area contributed by atoms with Crippen LogP contribution in [-0.2, 0) is 0 Å². The topological polar surface area (TPSA) is 69.7 Å². The summed E-state index contributed by atoms with van der Waals surface area (Å²) in [5, 5.41) is 2.93. The number of hydrogen-bond acceptors (Lipinski definition) is 3. The van der Waals surface area contributed by atoms with Gasteiger partial charge in [-0.25, -0.2) is 4.79 Å². The predicted molar refractivity (Wildman–Crippen MR) is 94.4 cm³/mol. The fraction of sp³-hybridized carbons (Fsp3) is 0.526. The van der Waals surface area contributed by atoms with Crippen molar-refractivity contribution in [2.45, 2.75) is 51.6 Å². The van der Waals surface area contributed by atoms with Gasteiger partial charge in [-0.15, -0.1) is 0 Å². The second-order valence-corrected chi connectivity index (χ2v) is 6.93. The van der Waals surface area contributed by atoms with Gasteiger partial charge in [0, 0.05) is 25.2 Å². The van der Waals surface area contributed by atoms with Crippen LogP contribution in [0.4, 0.5) is 4.79 Å². The molecule has 2 unspecified atom stereocenters. The zero-order valence-electron chi connectivity index (χ0n) is 14.8. The third-order valence-electron chi connectivity index (χ3n) is 5.14. The molecule has 1 fully saturated rings. The summed E-state index contributed by atoms with van der Waals surface area (Å²) in [5.74, 6) is -0.490. The molecule has 0 spiro atoms. The van der Waals surface area contributed by atoms with Gasteiger partial charge in [0.1, 0.15) is 0 Å². The molecule has 1 aromatic carbocycles. The van der Waals surface area contributed by atoms with Crippen molar-refractivity contribution in [3.8, 4) is 0 Å². The summed E-state index contributed by atoms with van der Waals surface area (Å²) in [4.78, 5) is 40.1. The van der Waals surface area contributed by atoms with Gasteiger partial charge in [0.05, 0.1) is 11.1 Å². The van der Waals surface area contributed by atoms with Crippen molar-refractivity contribution in [3.63, 3.8) is 0 Å². The second-order valence-electron chi connectivity index (χ2n) is 6.93. The fourth-order valence-electron chi connectivity index (χ4n) is 3.79. The Morgan fingerprint density at radius 1 is 1.08 bits per heavy atom. The third kappa shape index (κ3) is 3.38. The van der Waals surface area contributed by atoms with Gasteiger partial charge in [0.2, 0.25) is 0 Å². The predicted octanol–water partition coefficient (Wildman–Crippen LogP) is 2.65. The Morgan fingerprint density at radius 3 is 2.20 bits per heavy atom. The Balaban J connectivity index is 1.49. The van der Waals surface area contributed by atoms with E-state index in [0.717, 1.165) is 19.3 Å². The molecule has 0 radical (unpaired) electrons. The van der Waals surface area contributed by atoms with E-state index in [0.29, 0.717) is 30.6 Å². The summed E-state index contributed by atoms with van der Waals surface area (Å²) in [6, 6.07) is 7.32. The maximum absolute atomic E-state index is 12.4. The molecule has 2 aliphatic heterocycles. The lowest BCUT2D eigenvalue weighted by Crippen LogP contribution is -2.52. The number of hydrogen-bond donors (Lipinski definition) is 1. The van der Waals surface area contributed by atoms with Gasteiger partial charge in [-0.3, -0.25) is 14.5 Å². The van der Waals surface area contributed by atoms with Gasteiger partial charge in [-0.1, -0.05) is 12.1 Å². The molecule has 6 heteroatoms. The summed E-state index contributed by atoms with van der Waals surface area (Å²) < 4.78 is 0. The number of nitrogens with zero attached hydrogens (tertiary/aromatic N) is 2. The molecule has 2 heterocycles. The van der Waals surface area contributed by atoms with E-state index >= 15 is 0 Å². The summed E-state index contributed by atoms with van der Waals surface area (Å²) in [6.07, 6.45) is 3.78. The maximum Gasteiger partial charge on any atom is 0.317 e. The first-order chi connectivity index (χ1) is 12.0. The molecule has 1 aromatic rings. The van der Waals surface area contributed by atoms with Crippen LogP contribution in [0.1, 0.15) is 60.2 Å². The van der Waals surface area contributed by atoms with Crippen LogP contribution in [-0.4, -0.2) is 52.8 Å². The molecule has 2 atom stereocenters. The minimum atomic E-state index is -0.245. The number of imide groups is 1. The average Bonchev–Trinajstić information content (AvgIpc) is 2.83. The summed E-state index contributed by atoms with van der Waals surface area (Å²) in [5.41, 5.74) is 0.931. The number of urea groups is 1. The SMILES string of the molecule is CC1CCCC(C)N1C(=O)NCCCN1C(=O)c2ccccc2C1=O. The Hall–Kier alpha value is -2.37. The van der Waals surface area contributed by atoms with E-state index in [9.17, 15) is 14.4 Å². The number of nitrogens with one attached hydrogen (secondary N) is 1. The van der Waals surface area contributed by atoms with Crippen LogP contribution >= 0.6 is 0 Å². The largest absolute Gasteiger partial charge is 0.338 e. The van der Waals surface area contributed by atoms with E-state index in [1.807, 2.05) is 4.90 Å². The second kappa shape index (κ2) is 7.25. The van der Waals surface area contributed by atoms with Crippen LogP contribution in [0.25, 0.3) is 0 Å². The Kier molecular flexibility index (Phi) is 5.06. The van der Waals surface area contributed by atoms with Crippen LogP contribution < -0.4 is 5.32 Å². The van der Waals surface area contributed by atoms with Crippen LogP contribution in [0, 0.1) is 0 Å². The van der Waals surface area contributed by atoms with Gasteiger partial charge in [-0.05, 0) is 51.7 Å². The summed E-state index contributed by atoms with van der Waals surface area (Å²) in [7, 11) is 0. The Labute approximate surface area is 148 Å². The summed E-state index contributed by atoms with van der Waals surface area (Å²) in [6.45, 7) is 4.92. The first-order valence-electron chi connectivity index (χ1n) is 9.02. The molecular weight excluding hydrogens is 318 g/mol. The molecule has 1 N–H and O–H groups in total. The van der Waals surface area contributed by atoms with Crippen LogP contribution in [0.5, 0.6) is 0 Å². The van der Waals surface area contributed by atoms with Crippen molar-refractivity contribution < 1.29 is 14.4 Å². The quantitative estimate of drug-likeness (QED) is 0.675. The Morgan fingerprint density at radius 2 is 1.64 bits per heavy atom. The molecule has 25 heavy (non-hydrogen) atoms. The monoisotopic (exact) mass is 343 g/mol. The van der Waals surface area contributed by atoms with Crippen molar-refractivity contribution in [2.75, 3.05) is 13.1 Å². The number of amides is 4. The van der Waals surface area contributed by atoms with E-state index in [1.54, 1.807) is 24.3 Å². The van der Waals surface area contributed by atoms with Gasteiger partial charge < -0.3 is 10.2 Å². The van der Waals surface area contributed by atoms with Crippen LogP contribution in [0.15, 0.2) is 24.3 Å². The van der Waals surface area contributed by atoms with E-state index in [2.05, 4.69) is 19.2 Å². The highest BCUT2D eigenvalue weighted by atomic mass is 16.2. The van der Waals surface area contributed by atoms with Gasteiger partial charge in [-0.2, -0.15) is 0 Å². The van der Waals surface area contributed by atoms with E-state index in [-0.39, 0.29) is 29.9 Å². The van der Waals surface area contributed by atoms with Crippen molar-refractivity contribution in [1.82, 2.24) is 15.1 Å². The van der Waals surface area contributed by atoms with Crippen LogP contribution in [0.3, 0.4) is 0 Å². The zero-order chi connectivity index (χ0) is 18.0. The van der Waals surface area contributed by atoms with Crippen molar-refractivity contribution in [2.24, 2.45) is 0 Å². The number of benzene rings is 1. The molecule has 4 amide bonds. The van der Waals surface area contributed by atoms with Gasteiger partial charge >= 0.3 is 6.03 Å². The molecular formula is C19H25N3O3. The number of carbonyl (C=O) groups is 3. The highest BCUT2D eigenvalue weighted by molar-refractivity contribution is 6.21. The standard InChI is InChI=1S/C19H25N3O3/c1-13-7-5-8-14(2)22(13)19(25)20-11-6-12-21-17(23)15-9-3-4-10-16(15)18(21)24/h3-4,9-10,13-14H,5-8,11-12H2,1-2H3,(H,20,25). The molecule has 0 saturated carbocycles. The van der Waals surface area contributed by atoms with E-state index in [4.69, 9.17) is 0 Å². The normalized spacial score (nSPS) is 23.0. The minimum Gasteiger partial charge on any atom is -0.338 e.